The van der Waals surface area contributed by atoms with Crippen LogP contribution in [0, 0.1) is 11.3 Å². The molecule has 4 rings (SSSR count). The van der Waals surface area contributed by atoms with Crippen LogP contribution in [0.1, 0.15) is 24.4 Å². The third kappa shape index (κ3) is 3.53. The largest absolute Gasteiger partial charge is 0.489 e. The Labute approximate surface area is 157 Å². The molecule has 3 aromatic heterocycles. The van der Waals surface area contributed by atoms with Gasteiger partial charge in [-0.3, -0.25) is 0 Å². The summed E-state index contributed by atoms with van der Waals surface area (Å²) in [6, 6.07) is 8.32. The molecular formula is C17H14F3N7O. The first-order valence-corrected chi connectivity index (χ1v) is 8.51. The van der Waals surface area contributed by atoms with Crippen molar-refractivity contribution in [3.8, 4) is 11.8 Å². The first-order chi connectivity index (χ1) is 13.4. The fourth-order valence-electron chi connectivity index (χ4n) is 3.04. The van der Waals surface area contributed by atoms with E-state index >= 15 is 0 Å². The molecule has 0 atom stereocenters. The van der Waals surface area contributed by atoms with E-state index in [0.29, 0.717) is 43.2 Å². The fourth-order valence-corrected chi connectivity index (χ4v) is 3.04. The van der Waals surface area contributed by atoms with Crippen LogP contribution in [0.3, 0.4) is 0 Å². The average molecular weight is 389 g/mol. The summed E-state index contributed by atoms with van der Waals surface area (Å²) in [6.45, 7) is 1.16. The lowest BCUT2D eigenvalue weighted by atomic mass is 10.1. The van der Waals surface area contributed by atoms with Crippen LogP contribution in [0.5, 0.6) is 5.75 Å². The van der Waals surface area contributed by atoms with Crippen LogP contribution in [0.4, 0.5) is 19.0 Å². The maximum Gasteiger partial charge on any atom is 0.453 e. The second-order valence-corrected chi connectivity index (χ2v) is 6.28. The molecule has 0 amide bonds. The first kappa shape index (κ1) is 18.0. The average Bonchev–Trinajstić information content (AvgIpc) is 3.13. The van der Waals surface area contributed by atoms with E-state index in [1.807, 2.05) is 11.0 Å². The van der Waals surface area contributed by atoms with Gasteiger partial charge in [0.15, 0.2) is 5.65 Å². The van der Waals surface area contributed by atoms with Gasteiger partial charge in [0.2, 0.25) is 0 Å². The lowest BCUT2D eigenvalue weighted by Gasteiger charge is -2.32. The van der Waals surface area contributed by atoms with E-state index in [1.54, 1.807) is 18.2 Å². The van der Waals surface area contributed by atoms with Crippen molar-refractivity contribution in [2.45, 2.75) is 25.1 Å². The second kappa shape index (κ2) is 6.95. The molecule has 28 heavy (non-hydrogen) atoms. The van der Waals surface area contributed by atoms with Gasteiger partial charge in [0.05, 0.1) is 6.20 Å². The van der Waals surface area contributed by atoms with E-state index in [0.717, 1.165) is 4.52 Å². The Kier molecular flexibility index (Phi) is 4.46. The molecule has 0 spiro atoms. The van der Waals surface area contributed by atoms with E-state index in [-0.39, 0.29) is 11.8 Å². The van der Waals surface area contributed by atoms with E-state index in [4.69, 9.17) is 10.00 Å². The number of aromatic nitrogens is 5. The van der Waals surface area contributed by atoms with Crippen molar-refractivity contribution in [1.82, 2.24) is 24.8 Å². The molecule has 0 saturated carbocycles. The van der Waals surface area contributed by atoms with Crippen LogP contribution in [0.2, 0.25) is 0 Å². The van der Waals surface area contributed by atoms with E-state index in [9.17, 15) is 13.2 Å². The molecule has 0 N–H and O–H groups in total. The zero-order chi connectivity index (χ0) is 19.7. The summed E-state index contributed by atoms with van der Waals surface area (Å²) < 4.78 is 45.6. The summed E-state index contributed by atoms with van der Waals surface area (Å²) in [4.78, 5) is 5.86. The normalized spacial score (nSPS) is 15.6. The van der Waals surface area contributed by atoms with Gasteiger partial charge in [-0.2, -0.15) is 22.9 Å². The molecule has 1 fully saturated rings. The van der Waals surface area contributed by atoms with Gasteiger partial charge in [0.25, 0.3) is 5.82 Å². The number of nitriles is 1. The maximum atomic E-state index is 13.0. The standard InChI is InChI=1S/C17H14F3N7O/c18-17(19,20)16-24-23-14-3-4-15(25-27(14)16)26-7-5-12(6-8-26)28-13-2-1-11(9-21)22-10-13/h1-4,10,12H,5-8H2. The summed E-state index contributed by atoms with van der Waals surface area (Å²) in [6.07, 6.45) is -1.82. The predicted octanol–water partition coefficient (Wildman–Crippen LogP) is 2.46. The number of fused-ring (bicyclic) bond motifs is 1. The van der Waals surface area contributed by atoms with Gasteiger partial charge in [-0.05, 0) is 24.3 Å². The summed E-state index contributed by atoms with van der Waals surface area (Å²) in [5, 5.41) is 19.5. The Morgan fingerprint density at radius 2 is 1.89 bits per heavy atom. The lowest BCUT2D eigenvalue weighted by molar-refractivity contribution is -0.146. The van der Waals surface area contributed by atoms with Gasteiger partial charge in [0, 0.05) is 25.9 Å². The molecule has 0 bridgehead atoms. The van der Waals surface area contributed by atoms with Crippen molar-refractivity contribution in [3.05, 3.63) is 42.0 Å². The topological polar surface area (TPSA) is 92.2 Å². The molecule has 0 radical (unpaired) electrons. The third-order valence-corrected chi connectivity index (χ3v) is 4.42. The Bertz CT molecular complexity index is 1020. The van der Waals surface area contributed by atoms with Crippen LogP contribution < -0.4 is 9.64 Å². The number of ether oxygens (including phenoxy) is 1. The third-order valence-electron chi connectivity index (χ3n) is 4.42. The summed E-state index contributed by atoms with van der Waals surface area (Å²) >= 11 is 0. The molecule has 0 aromatic carbocycles. The van der Waals surface area contributed by atoms with Crippen LogP contribution in [-0.4, -0.2) is 44.0 Å². The molecule has 144 valence electrons. The lowest BCUT2D eigenvalue weighted by Crippen LogP contribution is -2.39. The van der Waals surface area contributed by atoms with Crippen molar-refractivity contribution < 1.29 is 17.9 Å². The van der Waals surface area contributed by atoms with Gasteiger partial charge < -0.3 is 9.64 Å². The number of hydrogen-bond donors (Lipinski definition) is 0. The van der Waals surface area contributed by atoms with E-state index < -0.39 is 12.0 Å². The van der Waals surface area contributed by atoms with Crippen molar-refractivity contribution in [1.29, 1.82) is 5.26 Å². The zero-order valence-electron chi connectivity index (χ0n) is 14.5. The van der Waals surface area contributed by atoms with Crippen molar-refractivity contribution >= 4 is 11.5 Å². The highest BCUT2D eigenvalue weighted by Gasteiger charge is 2.38. The number of piperidine rings is 1. The minimum atomic E-state index is -4.62. The van der Waals surface area contributed by atoms with Crippen molar-refractivity contribution in [2.24, 2.45) is 0 Å². The van der Waals surface area contributed by atoms with Crippen molar-refractivity contribution in [3.63, 3.8) is 0 Å². The summed E-state index contributed by atoms with van der Waals surface area (Å²) in [5.74, 6) is -0.136. The highest BCUT2D eigenvalue weighted by Crippen LogP contribution is 2.28. The number of alkyl halides is 3. The Morgan fingerprint density at radius 3 is 2.54 bits per heavy atom. The fraction of sp³-hybridized carbons (Fsp3) is 0.353. The van der Waals surface area contributed by atoms with Crippen LogP contribution in [-0.2, 0) is 6.18 Å². The minimum Gasteiger partial charge on any atom is -0.489 e. The van der Waals surface area contributed by atoms with Crippen LogP contribution in [0.25, 0.3) is 5.65 Å². The monoisotopic (exact) mass is 389 g/mol. The predicted molar refractivity (Wildman–Crippen MR) is 90.6 cm³/mol. The first-order valence-electron chi connectivity index (χ1n) is 8.51. The molecule has 8 nitrogen and oxygen atoms in total. The zero-order valence-corrected chi connectivity index (χ0v) is 14.5. The number of anilines is 1. The summed E-state index contributed by atoms with van der Waals surface area (Å²) in [7, 11) is 0. The van der Waals surface area contributed by atoms with E-state index in [2.05, 4.69) is 20.3 Å². The Hall–Kier alpha value is -3.42. The number of nitrogens with zero attached hydrogens (tertiary/aromatic N) is 7. The minimum absolute atomic E-state index is 0.0441. The highest BCUT2D eigenvalue weighted by atomic mass is 19.4. The van der Waals surface area contributed by atoms with E-state index in [1.165, 1.54) is 12.3 Å². The quantitative estimate of drug-likeness (QED) is 0.679. The maximum absolute atomic E-state index is 13.0. The van der Waals surface area contributed by atoms with Crippen LogP contribution in [0.15, 0.2) is 30.5 Å². The smallest absolute Gasteiger partial charge is 0.453 e. The molecule has 4 heterocycles. The summed E-state index contributed by atoms with van der Waals surface area (Å²) in [5.41, 5.74) is 0.360. The molecule has 0 unspecified atom stereocenters. The van der Waals surface area contributed by atoms with Gasteiger partial charge >= 0.3 is 6.18 Å². The molecule has 1 saturated heterocycles. The second-order valence-electron chi connectivity index (χ2n) is 6.28. The van der Waals surface area contributed by atoms with Crippen LogP contribution >= 0.6 is 0 Å². The molecule has 3 aromatic rings. The van der Waals surface area contributed by atoms with Gasteiger partial charge in [-0.1, -0.05) is 0 Å². The Morgan fingerprint density at radius 1 is 1.11 bits per heavy atom. The number of rotatable bonds is 3. The molecule has 11 heteroatoms. The number of hydrogen-bond acceptors (Lipinski definition) is 7. The molecule has 1 aliphatic heterocycles. The van der Waals surface area contributed by atoms with Gasteiger partial charge in [0.1, 0.15) is 29.4 Å². The number of pyridine rings is 1. The molecule has 1 aliphatic rings. The molecular weight excluding hydrogens is 375 g/mol. The van der Waals surface area contributed by atoms with Gasteiger partial charge in [-0.15, -0.1) is 15.3 Å². The SMILES string of the molecule is N#Cc1ccc(OC2CCN(c3ccc4nnc(C(F)(F)F)n4n3)CC2)cn1. The van der Waals surface area contributed by atoms with Gasteiger partial charge in [-0.25, -0.2) is 4.98 Å². The Balaban J connectivity index is 1.44. The molecule has 0 aliphatic carbocycles. The highest BCUT2D eigenvalue weighted by molar-refractivity contribution is 5.46. The number of halogens is 3. The van der Waals surface area contributed by atoms with Crippen molar-refractivity contribution in [2.75, 3.05) is 18.0 Å².